The van der Waals surface area contributed by atoms with Crippen molar-refractivity contribution in [3.63, 3.8) is 0 Å². The van der Waals surface area contributed by atoms with Gasteiger partial charge in [0.25, 0.3) is 5.91 Å². The van der Waals surface area contributed by atoms with Crippen LogP contribution in [0.4, 0.5) is 0 Å². The zero-order valence-corrected chi connectivity index (χ0v) is 17.5. The summed E-state index contributed by atoms with van der Waals surface area (Å²) in [5.74, 6) is -0.126. The molecule has 0 fully saturated rings. The average molecular weight is 420 g/mol. The third-order valence-corrected chi connectivity index (χ3v) is 4.94. The number of aliphatic hydroxyl groups is 1. The van der Waals surface area contributed by atoms with Gasteiger partial charge in [0.05, 0.1) is 19.9 Å². The monoisotopic (exact) mass is 420 g/mol. The maximum absolute atomic E-state index is 13.4. The fourth-order valence-corrected chi connectivity index (χ4v) is 3.33. The molecule has 1 amide bonds. The number of aromatic hydroxyl groups is 1. The molecule has 0 aliphatic carbocycles. The van der Waals surface area contributed by atoms with Crippen LogP contribution in [-0.4, -0.2) is 36.1 Å². The molecule has 0 atom stereocenters. The molecule has 0 saturated carbocycles. The van der Waals surface area contributed by atoms with Crippen molar-refractivity contribution in [2.75, 3.05) is 14.2 Å². The second-order valence-corrected chi connectivity index (χ2v) is 6.77. The minimum atomic E-state index is -2.16. The zero-order valence-electron chi connectivity index (χ0n) is 17.5. The Morgan fingerprint density at radius 3 is 1.87 bits per heavy atom. The number of benzene rings is 3. The first-order valence-corrected chi connectivity index (χ1v) is 9.56. The van der Waals surface area contributed by atoms with Gasteiger partial charge in [-0.15, -0.1) is 0 Å². The van der Waals surface area contributed by atoms with Crippen molar-refractivity contribution in [2.24, 2.45) is 5.10 Å². The first-order chi connectivity index (χ1) is 14.9. The lowest BCUT2D eigenvalue weighted by Crippen LogP contribution is -2.44. The molecule has 0 heterocycles. The molecule has 0 saturated heterocycles. The number of phenolic OH excluding ortho intramolecular Hbond substituents is 1. The van der Waals surface area contributed by atoms with E-state index in [0.717, 1.165) is 0 Å². The van der Waals surface area contributed by atoms with Gasteiger partial charge in [-0.05, 0) is 31.2 Å². The van der Waals surface area contributed by atoms with Crippen molar-refractivity contribution >= 4 is 11.6 Å². The number of ether oxygens (including phenoxy) is 2. The number of phenols is 1. The highest BCUT2D eigenvalue weighted by Gasteiger charge is 2.44. The molecule has 3 aromatic rings. The smallest absolute Gasteiger partial charge is 0.281 e. The molecular formula is C24H24N2O5. The number of hydrogen-bond donors (Lipinski definition) is 3. The molecule has 160 valence electrons. The molecular weight excluding hydrogens is 396 g/mol. The molecule has 0 bridgehead atoms. The lowest BCUT2D eigenvalue weighted by molar-refractivity contribution is -0.136. The number of carbonyl (C=O) groups is 1. The predicted octanol–water partition coefficient (Wildman–Crippen LogP) is 3.19. The summed E-state index contributed by atoms with van der Waals surface area (Å²) in [6, 6.07) is 20.0. The number of nitrogens with zero attached hydrogens (tertiary/aromatic N) is 1. The van der Waals surface area contributed by atoms with E-state index < -0.39 is 11.5 Å². The standard InChI is InChI=1S/C24H24N2O5/c1-16(17-10-4-7-13-20(17)27)25-26-23(28)24(29,18-11-5-8-14-21(18)30-2)19-12-6-9-15-22(19)31-3/h4-15,27,29H,1-3H3,(H,26,28). The van der Waals surface area contributed by atoms with Gasteiger partial charge in [0, 0.05) is 16.7 Å². The van der Waals surface area contributed by atoms with E-state index in [0.29, 0.717) is 22.8 Å². The van der Waals surface area contributed by atoms with Crippen molar-refractivity contribution in [2.45, 2.75) is 12.5 Å². The summed E-state index contributed by atoms with van der Waals surface area (Å²) in [4.78, 5) is 13.4. The lowest BCUT2D eigenvalue weighted by atomic mass is 9.84. The summed E-state index contributed by atoms with van der Waals surface area (Å²) in [6.45, 7) is 1.64. The van der Waals surface area contributed by atoms with Crippen LogP contribution in [0.5, 0.6) is 17.2 Å². The Morgan fingerprint density at radius 1 is 0.871 bits per heavy atom. The van der Waals surface area contributed by atoms with Gasteiger partial charge in [0.2, 0.25) is 5.60 Å². The van der Waals surface area contributed by atoms with E-state index in [1.54, 1.807) is 73.7 Å². The van der Waals surface area contributed by atoms with E-state index in [2.05, 4.69) is 10.5 Å². The normalized spacial score (nSPS) is 11.7. The molecule has 0 aliphatic heterocycles. The lowest BCUT2D eigenvalue weighted by Gasteiger charge is -2.29. The molecule has 3 N–H and O–H groups in total. The Balaban J connectivity index is 2.10. The Labute approximate surface area is 180 Å². The highest BCUT2D eigenvalue weighted by atomic mass is 16.5. The number of hydrogen-bond acceptors (Lipinski definition) is 6. The van der Waals surface area contributed by atoms with Gasteiger partial charge in [0.1, 0.15) is 17.2 Å². The molecule has 0 radical (unpaired) electrons. The van der Waals surface area contributed by atoms with Crippen molar-refractivity contribution in [3.05, 3.63) is 89.5 Å². The van der Waals surface area contributed by atoms with Crippen LogP contribution in [0.15, 0.2) is 77.9 Å². The number of rotatable bonds is 7. The van der Waals surface area contributed by atoms with Crippen LogP contribution in [0.1, 0.15) is 23.6 Å². The summed E-state index contributed by atoms with van der Waals surface area (Å²) >= 11 is 0. The van der Waals surface area contributed by atoms with Gasteiger partial charge in [0.15, 0.2) is 0 Å². The van der Waals surface area contributed by atoms with Gasteiger partial charge in [-0.2, -0.15) is 5.10 Å². The largest absolute Gasteiger partial charge is 0.507 e. The zero-order chi connectivity index (χ0) is 22.4. The Morgan fingerprint density at radius 2 is 1.35 bits per heavy atom. The molecule has 0 unspecified atom stereocenters. The number of hydrazone groups is 1. The van der Waals surface area contributed by atoms with Crippen molar-refractivity contribution in [1.29, 1.82) is 0 Å². The van der Waals surface area contributed by atoms with E-state index >= 15 is 0 Å². The van der Waals surface area contributed by atoms with E-state index in [1.807, 2.05) is 0 Å². The molecule has 0 aromatic heterocycles. The SMILES string of the molecule is COc1ccccc1C(O)(C(=O)NN=C(C)c1ccccc1O)c1ccccc1OC. The maximum Gasteiger partial charge on any atom is 0.281 e. The number of amides is 1. The molecule has 0 spiro atoms. The van der Waals surface area contributed by atoms with Crippen molar-refractivity contribution in [3.8, 4) is 17.2 Å². The summed E-state index contributed by atoms with van der Waals surface area (Å²) in [5.41, 5.74) is 1.55. The number of nitrogens with one attached hydrogen (secondary N) is 1. The highest BCUT2D eigenvalue weighted by molar-refractivity contribution is 6.02. The Hall–Kier alpha value is -3.84. The van der Waals surface area contributed by atoms with Gasteiger partial charge < -0.3 is 19.7 Å². The van der Waals surface area contributed by atoms with Gasteiger partial charge in [-0.25, -0.2) is 5.43 Å². The van der Waals surface area contributed by atoms with Crippen molar-refractivity contribution in [1.82, 2.24) is 5.43 Å². The van der Waals surface area contributed by atoms with Gasteiger partial charge >= 0.3 is 0 Å². The van der Waals surface area contributed by atoms with Gasteiger partial charge in [-0.1, -0.05) is 48.5 Å². The quantitative estimate of drug-likeness (QED) is 0.403. The third-order valence-electron chi connectivity index (χ3n) is 4.94. The molecule has 31 heavy (non-hydrogen) atoms. The topological polar surface area (TPSA) is 100 Å². The fourth-order valence-electron chi connectivity index (χ4n) is 3.33. The molecule has 7 nitrogen and oxygen atoms in total. The summed E-state index contributed by atoms with van der Waals surface area (Å²) in [5, 5.41) is 25.9. The van der Waals surface area contributed by atoms with Crippen LogP contribution >= 0.6 is 0 Å². The number of methoxy groups -OCH3 is 2. The highest BCUT2D eigenvalue weighted by Crippen LogP contribution is 2.40. The minimum Gasteiger partial charge on any atom is -0.507 e. The van der Waals surface area contributed by atoms with Crippen LogP contribution < -0.4 is 14.9 Å². The van der Waals surface area contributed by atoms with E-state index in [1.165, 1.54) is 20.3 Å². The van der Waals surface area contributed by atoms with Gasteiger partial charge in [-0.3, -0.25) is 4.79 Å². The maximum atomic E-state index is 13.4. The fraction of sp³-hybridized carbons (Fsp3) is 0.167. The summed E-state index contributed by atoms with van der Waals surface area (Å²) in [7, 11) is 2.92. The van der Waals surface area contributed by atoms with Crippen molar-refractivity contribution < 1.29 is 24.5 Å². The second kappa shape index (κ2) is 9.32. The first kappa shape index (κ1) is 21.9. The minimum absolute atomic E-state index is 0.0303. The first-order valence-electron chi connectivity index (χ1n) is 9.56. The predicted molar refractivity (Wildman–Crippen MR) is 117 cm³/mol. The van der Waals surface area contributed by atoms with Crippen LogP contribution in [0.25, 0.3) is 0 Å². The van der Waals surface area contributed by atoms with E-state index in [4.69, 9.17) is 9.47 Å². The number of para-hydroxylation sites is 3. The second-order valence-electron chi connectivity index (χ2n) is 6.77. The third kappa shape index (κ3) is 4.22. The number of carbonyl (C=O) groups excluding carboxylic acids is 1. The van der Waals surface area contributed by atoms with Crippen LogP contribution in [0.3, 0.4) is 0 Å². The molecule has 3 rings (SSSR count). The van der Waals surface area contributed by atoms with Crippen LogP contribution in [0.2, 0.25) is 0 Å². The molecule has 7 heteroatoms. The molecule has 0 aliphatic rings. The van der Waals surface area contributed by atoms with E-state index in [-0.39, 0.29) is 16.9 Å². The Bertz CT molecular complexity index is 1060. The van der Waals surface area contributed by atoms with Crippen LogP contribution in [0, 0.1) is 0 Å². The molecule has 3 aromatic carbocycles. The Kier molecular flexibility index (Phi) is 6.57. The summed E-state index contributed by atoms with van der Waals surface area (Å²) in [6.07, 6.45) is 0. The average Bonchev–Trinajstić information content (AvgIpc) is 2.81. The summed E-state index contributed by atoms with van der Waals surface area (Å²) < 4.78 is 10.8. The van der Waals surface area contributed by atoms with Crippen LogP contribution in [-0.2, 0) is 10.4 Å². The van der Waals surface area contributed by atoms with E-state index in [9.17, 15) is 15.0 Å².